The Labute approximate surface area is 153 Å². The van der Waals surface area contributed by atoms with Gasteiger partial charge in [-0.05, 0) is 43.7 Å². The highest BCUT2D eigenvalue weighted by Gasteiger charge is 2.09. The van der Waals surface area contributed by atoms with Gasteiger partial charge in [-0.2, -0.15) is 0 Å². The first kappa shape index (κ1) is 17.8. The Morgan fingerprint density at radius 2 is 1.81 bits per heavy atom. The van der Waals surface area contributed by atoms with Crippen molar-refractivity contribution in [3.8, 4) is 17.2 Å². The van der Waals surface area contributed by atoms with E-state index in [1.165, 1.54) is 0 Å². The number of pyridine rings is 1. The number of hydrogen-bond acceptors (Lipinski definition) is 4. The molecule has 0 radical (unpaired) electrons. The van der Waals surface area contributed by atoms with Crippen molar-refractivity contribution < 1.29 is 14.6 Å². The average Bonchev–Trinajstić information content (AvgIpc) is 2.66. The molecule has 0 aliphatic rings. The van der Waals surface area contributed by atoms with E-state index in [1.54, 1.807) is 6.07 Å². The molecule has 0 bridgehead atoms. The molecule has 0 amide bonds. The Kier molecular flexibility index (Phi) is 5.74. The minimum absolute atomic E-state index is 0.183. The third kappa shape index (κ3) is 3.97. The summed E-state index contributed by atoms with van der Waals surface area (Å²) in [6, 6.07) is 15.1. The topological polar surface area (TPSA) is 51.6 Å². The maximum Gasteiger partial charge on any atom is 0.168 e. The molecule has 4 heteroatoms. The lowest BCUT2D eigenvalue weighted by Crippen LogP contribution is -2.01. The molecule has 0 spiro atoms. The van der Waals surface area contributed by atoms with Crippen molar-refractivity contribution in [1.29, 1.82) is 0 Å². The molecule has 1 N–H and O–H groups in total. The molecule has 1 heterocycles. The van der Waals surface area contributed by atoms with Crippen LogP contribution in [0.15, 0.2) is 48.5 Å². The van der Waals surface area contributed by atoms with Crippen molar-refractivity contribution in [3.63, 3.8) is 0 Å². The minimum atomic E-state index is 0.183. The highest BCUT2D eigenvalue weighted by molar-refractivity contribution is 5.86. The van der Waals surface area contributed by atoms with Crippen LogP contribution >= 0.6 is 0 Å². The van der Waals surface area contributed by atoms with Gasteiger partial charge >= 0.3 is 0 Å². The van der Waals surface area contributed by atoms with Gasteiger partial charge in [-0.1, -0.05) is 37.3 Å². The maximum absolute atomic E-state index is 9.99. The quantitative estimate of drug-likeness (QED) is 0.629. The minimum Gasteiger partial charge on any atom is -0.506 e. The van der Waals surface area contributed by atoms with Crippen LogP contribution in [0.1, 0.15) is 31.5 Å². The van der Waals surface area contributed by atoms with Crippen LogP contribution in [-0.4, -0.2) is 23.3 Å². The average molecular weight is 349 g/mol. The number of hydrogen-bond donors (Lipinski definition) is 1. The second kappa shape index (κ2) is 8.39. The van der Waals surface area contributed by atoms with Crippen LogP contribution in [0.25, 0.3) is 23.1 Å². The van der Waals surface area contributed by atoms with Gasteiger partial charge in [-0.25, -0.2) is 4.98 Å². The number of phenols is 1. The second-order valence-corrected chi connectivity index (χ2v) is 5.87. The number of benzene rings is 2. The molecule has 2 aromatic carbocycles. The standard InChI is InChI=1S/C22H23NO3/c1-3-15-26-22-17(8-6-10-20(22)25-4-2)12-14-18-13-11-16-7-5-9-19(24)21(16)23-18/h5-14,24H,3-4,15H2,1-2H3/b14-12+. The number of ether oxygens (including phenoxy) is 2. The van der Waals surface area contributed by atoms with E-state index in [2.05, 4.69) is 11.9 Å². The number of aromatic nitrogens is 1. The molecule has 0 saturated carbocycles. The zero-order valence-corrected chi connectivity index (χ0v) is 15.1. The van der Waals surface area contributed by atoms with Gasteiger partial charge in [-0.3, -0.25) is 0 Å². The number of fused-ring (bicyclic) bond motifs is 1. The summed E-state index contributed by atoms with van der Waals surface area (Å²) in [4.78, 5) is 4.53. The Bertz CT molecular complexity index is 918. The fourth-order valence-electron chi connectivity index (χ4n) is 2.71. The van der Waals surface area contributed by atoms with Gasteiger partial charge in [0.05, 0.1) is 18.9 Å². The van der Waals surface area contributed by atoms with E-state index < -0.39 is 0 Å². The van der Waals surface area contributed by atoms with Gasteiger partial charge in [0.2, 0.25) is 0 Å². The van der Waals surface area contributed by atoms with E-state index in [0.717, 1.165) is 34.6 Å². The van der Waals surface area contributed by atoms with Crippen LogP contribution in [0.2, 0.25) is 0 Å². The predicted molar refractivity (Wildman–Crippen MR) is 106 cm³/mol. The van der Waals surface area contributed by atoms with Crippen molar-refractivity contribution in [3.05, 3.63) is 59.8 Å². The monoisotopic (exact) mass is 349 g/mol. The molecule has 0 aliphatic carbocycles. The molecule has 1 aromatic heterocycles. The normalized spacial score (nSPS) is 11.2. The predicted octanol–water partition coefficient (Wildman–Crippen LogP) is 5.30. The largest absolute Gasteiger partial charge is 0.506 e. The number of nitrogens with zero attached hydrogens (tertiary/aromatic N) is 1. The molecular formula is C22H23NO3. The summed E-state index contributed by atoms with van der Waals surface area (Å²) in [6.07, 6.45) is 4.80. The first-order valence-corrected chi connectivity index (χ1v) is 8.88. The number of phenolic OH excluding ortho intramolecular Hbond substituents is 1. The summed E-state index contributed by atoms with van der Waals surface area (Å²) in [5.74, 6) is 1.67. The molecule has 0 atom stereocenters. The van der Waals surface area contributed by atoms with Gasteiger partial charge in [0.15, 0.2) is 11.5 Å². The van der Waals surface area contributed by atoms with Crippen molar-refractivity contribution in [1.82, 2.24) is 4.98 Å². The molecule has 0 unspecified atom stereocenters. The van der Waals surface area contributed by atoms with Crippen LogP contribution in [0.4, 0.5) is 0 Å². The van der Waals surface area contributed by atoms with E-state index in [9.17, 15) is 5.11 Å². The van der Waals surface area contributed by atoms with Crippen LogP contribution in [0, 0.1) is 0 Å². The third-order valence-electron chi connectivity index (χ3n) is 3.91. The third-order valence-corrected chi connectivity index (χ3v) is 3.91. The molecule has 4 nitrogen and oxygen atoms in total. The van der Waals surface area contributed by atoms with Crippen LogP contribution < -0.4 is 9.47 Å². The van der Waals surface area contributed by atoms with Crippen molar-refractivity contribution in [2.75, 3.05) is 13.2 Å². The van der Waals surface area contributed by atoms with E-state index in [-0.39, 0.29) is 5.75 Å². The molecule has 0 aliphatic heterocycles. The number of para-hydroxylation sites is 2. The van der Waals surface area contributed by atoms with Crippen molar-refractivity contribution >= 4 is 23.1 Å². The Hall–Kier alpha value is -3.01. The molecule has 3 aromatic rings. The fourth-order valence-corrected chi connectivity index (χ4v) is 2.71. The van der Waals surface area contributed by atoms with E-state index >= 15 is 0 Å². The number of rotatable bonds is 7. The highest BCUT2D eigenvalue weighted by atomic mass is 16.5. The fraction of sp³-hybridized carbons (Fsp3) is 0.227. The van der Waals surface area contributed by atoms with Gasteiger partial charge in [0, 0.05) is 10.9 Å². The Morgan fingerprint density at radius 3 is 2.62 bits per heavy atom. The molecule has 134 valence electrons. The zero-order valence-electron chi connectivity index (χ0n) is 15.1. The van der Waals surface area contributed by atoms with Gasteiger partial charge in [-0.15, -0.1) is 0 Å². The Balaban J connectivity index is 1.94. The first-order chi connectivity index (χ1) is 12.7. The van der Waals surface area contributed by atoms with E-state index in [0.29, 0.717) is 18.7 Å². The summed E-state index contributed by atoms with van der Waals surface area (Å²) in [6.45, 7) is 5.25. The number of aromatic hydroxyl groups is 1. The summed E-state index contributed by atoms with van der Waals surface area (Å²) in [5, 5.41) is 10.9. The van der Waals surface area contributed by atoms with Crippen LogP contribution in [-0.2, 0) is 0 Å². The SMILES string of the molecule is CCCOc1c(/C=C/c2ccc3cccc(O)c3n2)cccc1OCC. The summed E-state index contributed by atoms with van der Waals surface area (Å²) < 4.78 is 11.6. The van der Waals surface area contributed by atoms with Crippen LogP contribution in [0.3, 0.4) is 0 Å². The molecular weight excluding hydrogens is 326 g/mol. The molecule has 0 saturated heterocycles. The molecule has 26 heavy (non-hydrogen) atoms. The van der Waals surface area contributed by atoms with Crippen molar-refractivity contribution in [2.24, 2.45) is 0 Å². The maximum atomic E-state index is 9.99. The lowest BCUT2D eigenvalue weighted by atomic mass is 10.1. The van der Waals surface area contributed by atoms with Gasteiger partial charge < -0.3 is 14.6 Å². The lowest BCUT2D eigenvalue weighted by molar-refractivity contribution is 0.276. The summed E-state index contributed by atoms with van der Waals surface area (Å²) >= 11 is 0. The summed E-state index contributed by atoms with van der Waals surface area (Å²) in [5.41, 5.74) is 2.30. The van der Waals surface area contributed by atoms with E-state index in [1.807, 2.05) is 61.5 Å². The molecule has 0 fully saturated rings. The summed E-state index contributed by atoms with van der Waals surface area (Å²) in [7, 11) is 0. The first-order valence-electron chi connectivity index (χ1n) is 8.88. The van der Waals surface area contributed by atoms with Crippen LogP contribution in [0.5, 0.6) is 17.2 Å². The van der Waals surface area contributed by atoms with E-state index in [4.69, 9.17) is 9.47 Å². The highest BCUT2D eigenvalue weighted by Crippen LogP contribution is 2.33. The van der Waals surface area contributed by atoms with Crippen molar-refractivity contribution in [2.45, 2.75) is 20.3 Å². The molecule has 3 rings (SSSR count). The second-order valence-electron chi connectivity index (χ2n) is 5.87. The van der Waals surface area contributed by atoms with Gasteiger partial charge in [0.25, 0.3) is 0 Å². The Morgan fingerprint density at radius 1 is 0.962 bits per heavy atom. The lowest BCUT2D eigenvalue weighted by Gasteiger charge is -2.13. The zero-order chi connectivity index (χ0) is 18.4. The smallest absolute Gasteiger partial charge is 0.168 e. The van der Waals surface area contributed by atoms with Gasteiger partial charge in [0.1, 0.15) is 11.3 Å².